The van der Waals surface area contributed by atoms with Crippen LogP contribution >= 0.6 is 0 Å². The second kappa shape index (κ2) is 6.12. The van der Waals surface area contributed by atoms with Crippen molar-refractivity contribution in [3.8, 4) is 0 Å². The predicted molar refractivity (Wildman–Crippen MR) is 51.2 cm³/mol. The summed E-state index contributed by atoms with van der Waals surface area (Å²) < 4.78 is 4.31. The Balaban J connectivity index is 4.80. The molecule has 0 unspecified atom stereocenters. The Bertz CT molecular complexity index is 243. The summed E-state index contributed by atoms with van der Waals surface area (Å²) in [5, 5.41) is 10.5. The molecule has 0 spiro atoms. The Kier molecular flexibility index (Phi) is 5.52. The fourth-order valence-corrected chi connectivity index (χ4v) is 1.06. The van der Waals surface area contributed by atoms with Gasteiger partial charge < -0.3 is 4.74 Å². The highest BCUT2D eigenvalue weighted by atomic mass is 16.7. The van der Waals surface area contributed by atoms with Crippen molar-refractivity contribution in [2.24, 2.45) is 5.92 Å². The fraction of sp³-hybridized carbons (Fsp3) is 0.667. The van der Waals surface area contributed by atoms with Gasteiger partial charge in [-0.15, -0.1) is 0 Å². The van der Waals surface area contributed by atoms with Crippen molar-refractivity contribution in [2.75, 3.05) is 7.11 Å². The van der Waals surface area contributed by atoms with Crippen LogP contribution in [0.5, 0.6) is 0 Å². The Hall–Kier alpha value is -1.39. The lowest BCUT2D eigenvalue weighted by Crippen LogP contribution is -2.14. The molecule has 0 aliphatic heterocycles. The highest BCUT2D eigenvalue weighted by molar-refractivity contribution is 5.85. The summed E-state index contributed by atoms with van der Waals surface area (Å²) >= 11 is 0. The zero-order chi connectivity index (χ0) is 11.1. The first-order chi connectivity index (χ1) is 6.56. The number of carbonyl (C=O) groups is 1. The van der Waals surface area contributed by atoms with E-state index in [0.717, 1.165) is 20.0 Å². The lowest BCUT2D eigenvalue weighted by Gasteiger charge is -2.05. The van der Waals surface area contributed by atoms with E-state index in [4.69, 9.17) is 0 Å². The summed E-state index contributed by atoms with van der Waals surface area (Å²) in [6, 6.07) is 0. The van der Waals surface area contributed by atoms with Gasteiger partial charge in [-0.05, 0) is 18.8 Å². The fourth-order valence-electron chi connectivity index (χ4n) is 1.06. The van der Waals surface area contributed by atoms with Gasteiger partial charge in [0, 0.05) is 6.08 Å². The van der Waals surface area contributed by atoms with Gasteiger partial charge >= 0.3 is 11.7 Å². The normalized spacial score (nSPS) is 11.6. The van der Waals surface area contributed by atoms with Crippen molar-refractivity contribution in [2.45, 2.75) is 26.7 Å². The molecular formula is C9H15NO4. The summed E-state index contributed by atoms with van der Waals surface area (Å²) in [7, 11) is 1.13. The van der Waals surface area contributed by atoms with Gasteiger partial charge in [0.05, 0.1) is 12.0 Å². The number of hydrogen-bond acceptors (Lipinski definition) is 4. The minimum absolute atomic E-state index is 0.0505. The van der Waals surface area contributed by atoms with Crippen molar-refractivity contribution >= 4 is 5.97 Å². The van der Waals surface area contributed by atoms with Crippen LogP contribution < -0.4 is 0 Å². The first-order valence-corrected chi connectivity index (χ1v) is 4.51. The predicted octanol–water partition coefficient (Wildman–Crippen LogP) is 1.76. The molecule has 0 fully saturated rings. The van der Waals surface area contributed by atoms with Crippen LogP contribution in [0.15, 0.2) is 11.8 Å². The SMILES string of the molecule is CCC(/C=[13C](\[13C](=O)OC)[N+](=O)[O-])CC. The molecule has 0 heterocycles. The molecule has 80 valence electrons. The molecule has 0 aromatic carbocycles. The van der Waals surface area contributed by atoms with Crippen LogP contribution in [0.1, 0.15) is 26.7 Å². The molecule has 0 aliphatic rings. The van der Waals surface area contributed by atoms with E-state index in [0.29, 0.717) is 0 Å². The minimum Gasteiger partial charge on any atom is -0.461 e. The number of rotatable bonds is 5. The second-order valence-electron chi connectivity index (χ2n) is 2.88. The molecule has 0 saturated heterocycles. The first kappa shape index (κ1) is 12.6. The standard InChI is InChI=1S/C9H15NO4/c1-4-7(5-2)6-8(10(12)13)9(11)14-3/h6-7H,4-5H2,1-3H3/b8-6+/i8+1,9+1. The highest BCUT2D eigenvalue weighted by Gasteiger charge is 2.23. The Labute approximate surface area is 82.9 Å². The van der Waals surface area contributed by atoms with Crippen LogP contribution in [0.25, 0.3) is 0 Å². The minimum atomic E-state index is -0.887. The summed E-state index contributed by atoms with van der Waals surface area (Å²) in [5.41, 5.74) is -0.471. The van der Waals surface area contributed by atoms with Crippen molar-refractivity contribution in [3.05, 3.63) is 21.9 Å². The van der Waals surface area contributed by atoms with Crippen LogP contribution in [-0.4, -0.2) is 18.0 Å². The van der Waals surface area contributed by atoms with E-state index in [1.165, 1.54) is 6.08 Å². The number of esters is 1. The molecule has 14 heavy (non-hydrogen) atoms. The molecule has 0 aliphatic carbocycles. The second-order valence-corrected chi connectivity index (χ2v) is 2.88. The van der Waals surface area contributed by atoms with E-state index in [9.17, 15) is 14.9 Å². The first-order valence-electron chi connectivity index (χ1n) is 4.51. The van der Waals surface area contributed by atoms with E-state index in [1.807, 2.05) is 13.8 Å². The van der Waals surface area contributed by atoms with Gasteiger partial charge in [-0.3, -0.25) is 10.1 Å². The maximum Gasteiger partial charge on any atom is 0.409 e. The molecule has 5 heteroatoms. The molecule has 0 atom stereocenters. The van der Waals surface area contributed by atoms with E-state index < -0.39 is 16.6 Å². The van der Waals surface area contributed by atoms with Crippen molar-refractivity contribution in [3.63, 3.8) is 0 Å². The molecule has 0 aromatic rings. The summed E-state index contributed by atoms with van der Waals surface area (Å²) in [6.45, 7) is 3.83. The Morgan fingerprint density at radius 3 is 2.29 bits per heavy atom. The van der Waals surface area contributed by atoms with Gasteiger partial charge in [0.25, 0.3) is 0 Å². The average Bonchev–Trinajstić information content (AvgIpc) is 2.18. The van der Waals surface area contributed by atoms with Gasteiger partial charge in [0.1, 0.15) is 0 Å². The van der Waals surface area contributed by atoms with Crippen LogP contribution in [0, 0.1) is 16.0 Å². The van der Waals surface area contributed by atoms with Crippen LogP contribution in [0.2, 0.25) is 0 Å². The summed E-state index contributed by atoms with van der Waals surface area (Å²) in [4.78, 5) is 20.8. The monoisotopic (exact) mass is 203 g/mol. The third kappa shape index (κ3) is 3.55. The Morgan fingerprint density at radius 2 is 2.00 bits per heavy atom. The summed E-state index contributed by atoms with van der Waals surface area (Å²) in [6.07, 6.45) is 2.90. The van der Waals surface area contributed by atoms with Gasteiger partial charge in [0.15, 0.2) is 0 Å². The van der Waals surface area contributed by atoms with Gasteiger partial charge in [0.2, 0.25) is 0 Å². The Morgan fingerprint density at radius 1 is 1.50 bits per heavy atom. The third-order valence-corrected chi connectivity index (χ3v) is 2.03. The molecule has 0 bridgehead atoms. The molecule has 0 N–H and O–H groups in total. The maximum atomic E-state index is 11.0. The number of ether oxygens (including phenoxy) is 1. The zero-order valence-corrected chi connectivity index (χ0v) is 8.65. The number of carbonyl (C=O) groups excluding carboxylic acids is 1. The molecule has 0 radical (unpaired) electrons. The van der Waals surface area contributed by atoms with Crippen molar-refractivity contribution < 1.29 is 14.5 Å². The van der Waals surface area contributed by atoms with Gasteiger partial charge in [-0.2, -0.15) is 0 Å². The lowest BCUT2D eigenvalue weighted by molar-refractivity contribution is -0.421. The van der Waals surface area contributed by atoms with Crippen LogP contribution in [0.3, 0.4) is 0 Å². The quantitative estimate of drug-likeness (QED) is 0.224. The number of allylic oxidation sites excluding steroid dienone is 1. The lowest BCUT2D eigenvalue weighted by atomic mass is 10.1. The van der Waals surface area contributed by atoms with E-state index >= 15 is 0 Å². The summed E-state index contributed by atoms with van der Waals surface area (Å²) in [5.74, 6) is -0.837. The van der Waals surface area contributed by atoms with Crippen LogP contribution in [-0.2, 0) is 9.53 Å². The topological polar surface area (TPSA) is 69.4 Å². The number of nitrogens with zero attached hydrogens (tertiary/aromatic N) is 1. The molecule has 5 nitrogen and oxygen atoms in total. The van der Waals surface area contributed by atoms with Crippen molar-refractivity contribution in [1.82, 2.24) is 0 Å². The average molecular weight is 203 g/mol. The molecule has 0 amide bonds. The zero-order valence-electron chi connectivity index (χ0n) is 8.65. The molecule has 0 rings (SSSR count). The number of methoxy groups -OCH3 is 1. The van der Waals surface area contributed by atoms with E-state index in [1.54, 1.807) is 0 Å². The number of hydrogen-bond donors (Lipinski definition) is 0. The molecule has 0 aromatic heterocycles. The largest absolute Gasteiger partial charge is 0.461 e. The highest BCUT2D eigenvalue weighted by Crippen LogP contribution is 2.13. The molecule has 0 saturated carbocycles. The van der Waals surface area contributed by atoms with Crippen LogP contribution in [0.4, 0.5) is 0 Å². The molecular weight excluding hydrogens is 188 g/mol. The van der Waals surface area contributed by atoms with E-state index in [2.05, 4.69) is 4.74 Å². The van der Waals surface area contributed by atoms with Crippen molar-refractivity contribution in [1.29, 1.82) is 0 Å². The van der Waals surface area contributed by atoms with E-state index in [-0.39, 0.29) is 5.92 Å². The number of nitro groups is 1. The third-order valence-electron chi connectivity index (χ3n) is 2.03. The van der Waals surface area contributed by atoms with Gasteiger partial charge in [-0.1, -0.05) is 13.8 Å². The smallest absolute Gasteiger partial charge is 0.409 e. The maximum absolute atomic E-state index is 11.0. The van der Waals surface area contributed by atoms with Gasteiger partial charge in [-0.25, -0.2) is 4.79 Å².